The Kier molecular flexibility index (Phi) is 3.54. The van der Waals surface area contributed by atoms with Gasteiger partial charge in [0.05, 0.1) is 11.7 Å². The number of benzene rings is 1. The van der Waals surface area contributed by atoms with Gasteiger partial charge in [-0.05, 0) is 30.7 Å². The fourth-order valence-electron chi connectivity index (χ4n) is 1.25. The standard InChI is InChI=1S/C10H11F4NO/c1-5(15)9(16)6-2-7(10(12,13)14)4-8(11)3-6/h2-5,9,16H,15H2,1H3. The van der Waals surface area contributed by atoms with Crippen molar-refractivity contribution in [1.29, 1.82) is 0 Å². The summed E-state index contributed by atoms with van der Waals surface area (Å²) in [7, 11) is 0. The molecule has 0 aliphatic heterocycles. The Morgan fingerprint density at radius 1 is 1.25 bits per heavy atom. The van der Waals surface area contributed by atoms with Crippen molar-refractivity contribution in [2.45, 2.75) is 25.2 Å². The Morgan fingerprint density at radius 2 is 1.81 bits per heavy atom. The van der Waals surface area contributed by atoms with Crippen LogP contribution in [-0.4, -0.2) is 11.1 Å². The van der Waals surface area contributed by atoms with Crippen LogP contribution < -0.4 is 5.73 Å². The number of hydrogen-bond donors (Lipinski definition) is 2. The Labute approximate surface area is 89.7 Å². The lowest BCUT2D eigenvalue weighted by Crippen LogP contribution is -2.24. The van der Waals surface area contributed by atoms with Crippen molar-refractivity contribution < 1.29 is 22.7 Å². The highest BCUT2D eigenvalue weighted by atomic mass is 19.4. The zero-order valence-corrected chi connectivity index (χ0v) is 8.42. The molecule has 0 heterocycles. The maximum Gasteiger partial charge on any atom is 0.416 e. The van der Waals surface area contributed by atoms with E-state index in [1.165, 1.54) is 6.92 Å². The van der Waals surface area contributed by atoms with Crippen molar-refractivity contribution in [1.82, 2.24) is 0 Å². The summed E-state index contributed by atoms with van der Waals surface area (Å²) in [6, 6.07) is 1.13. The largest absolute Gasteiger partial charge is 0.416 e. The van der Waals surface area contributed by atoms with Crippen LogP contribution in [0.3, 0.4) is 0 Å². The predicted molar refractivity (Wildman–Crippen MR) is 50.0 cm³/mol. The van der Waals surface area contributed by atoms with Gasteiger partial charge in [0.15, 0.2) is 0 Å². The van der Waals surface area contributed by atoms with Gasteiger partial charge in [-0.1, -0.05) is 0 Å². The highest BCUT2D eigenvalue weighted by Crippen LogP contribution is 2.32. The molecule has 1 aromatic carbocycles. The van der Waals surface area contributed by atoms with Crippen LogP contribution in [0.5, 0.6) is 0 Å². The summed E-state index contributed by atoms with van der Waals surface area (Å²) in [5, 5.41) is 9.45. The molecule has 0 aliphatic rings. The van der Waals surface area contributed by atoms with Gasteiger partial charge in [0.2, 0.25) is 0 Å². The number of hydrogen-bond acceptors (Lipinski definition) is 2. The molecule has 0 bridgehead atoms. The monoisotopic (exact) mass is 237 g/mol. The van der Waals surface area contributed by atoms with Gasteiger partial charge >= 0.3 is 6.18 Å². The van der Waals surface area contributed by atoms with Crippen LogP contribution in [0, 0.1) is 5.82 Å². The average molecular weight is 237 g/mol. The molecule has 0 fully saturated rings. The fourth-order valence-corrected chi connectivity index (χ4v) is 1.25. The van der Waals surface area contributed by atoms with Gasteiger partial charge in [0.1, 0.15) is 5.82 Å². The number of rotatable bonds is 2. The average Bonchev–Trinajstić information content (AvgIpc) is 2.14. The first-order valence-corrected chi connectivity index (χ1v) is 4.53. The molecule has 16 heavy (non-hydrogen) atoms. The van der Waals surface area contributed by atoms with Gasteiger partial charge in [-0.3, -0.25) is 0 Å². The maximum absolute atomic E-state index is 12.9. The van der Waals surface area contributed by atoms with E-state index in [0.717, 1.165) is 6.07 Å². The second-order valence-electron chi connectivity index (χ2n) is 3.57. The first-order valence-electron chi connectivity index (χ1n) is 4.53. The Morgan fingerprint density at radius 3 is 2.25 bits per heavy atom. The summed E-state index contributed by atoms with van der Waals surface area (Å²) in [4.78, 5) is 0. The number of aliphatic hydroxyl groups is 1. The molecule has 3 N–H and O–H groups in total. The Bertz CT molecular complexity index is 376. The molecule has 0 aromatic heterocycles. The summed E-state index contributed by atoms with van der Waals surface area (Å²) < 4.78 is 49.9. The molecule has 1 rings (SSSR count). The van der Waals surface area contributed by atoms with E-state index < -0.39 is 29.7 Å². The van der Waals surface area contributed by atoms with Crippen LogP contribution in [0.1, 0.15) is 24.2 Å². The third-order valence-electron chi connectivity index (χ3n) is 2.09. The van der Waals surface area contributed by atoms with Crippen molar-refractivity contribution in [3.05, 3.63) is 35.1 Å². The Hall–Kier alpha value is -1.14. The number of halogens is 4. The summed E-state index contributed by atoms with van der Waals surface area (Å²) >= 11 is 0. The Balaban J connectivity index is 3.18. The summed E-state index contributed by atoms with van der Waals surface area (Å²) in [6.07, 6.45) is -5.97. The quantitative estimate of drug-likeness (QED) is 0.775. The van der Waals surface area contributed by atoms with E-state index in [0.29, 0.717) is 12.1 Å². The summed E-state index contributed by atoms with van der Waals surface area (Å²) in [6.45, 7) is 1.42. The normalized spacial score (nSPS) is 15.9. The highest BCUT2D eigenvalue weighted by molar-refractivity contribution is 5.28. The van der Waals surface area contributed by atoms with Crippen molar-refractivity contribution >= 4 is 0 Å². The van der Waals surface area contributed by atoms with Gasteiger partial charge in [-0.2, -0.15) is 13.2 Å². The number of alkyl halides is 3. The van der Waals surface area contributed by atoms with E-state index in [-0.39, 0.29) is 5.56 Å². The molecule has 2 nitrogen and oxygen atoms in total. The lowest BCUT2D eigenvalue weighted by Gasteiger charge is -2.16. The minimum absolute atomic E-state index is 0.178. The molecule has 1 aromatic rings. The zero-order chi connectivity index (χ0) is 12.5. The molecular weight excluding hydrogens is 226 g/mol. The molecule has 0 amide bonds. The highest BCUT2D eigenvalue weighted by Gasteiger charge is 2.32. The fraction of sp³-hybridized carbons (Fsp3) is 0.400. The lowest BCUT2D eigenvalue weighted by molar-refractivity contribution is -0.137. The molecule has 0 radical (unpaired) electrons. The van der Waals surface area contributed by atoms with Gasteiger partial charge in [0.25, 0.3) is 0 Å². The van der Waals surface area contributed by atoms with Gasteiger partial charge in [-0.25, -0.2) is 4.39 Å². The number of aliphatic hydroxyl groups excluding tert-OH is 1. The van der Waals surface area contributed by atoms with Crippen molar-refractivity contribution in [3.63, 3.8) is 0 Å². The van der Waals surface area contributed by atoms with Crippen LogP contribution in [0.4, 0.5) is 17.6 Å². The van der Waals surface area contributed by atoms with Crippen LogP contribution in [0.15, 0.2) is 18.2 Å². The maximum atomic E-state index is 12.9. The SMILES string of the molecule is CC(N)C(O)c1cc(F)cc(C(F)(F)F)c1. The van der Waals surface area contributed by atoms with Gasteiger partial charge in [0, 0.05) is 6.04 Å². The molecule has 2 unspecified atom stereocenters. The first-order chi connectivity index (χ1) is 7.21. The topological polar surface area (TPSA) is 46.2 Å². The minimum Gasteiger partial charge on any atom is -0.387 e. The van der Waals surface area contributed by atoms with Gasteiger partial charge < -0.3 is 10.8 Å². The second kappa shape index (κ2) is 4.39. The summed E-state index contributed by atoms with van der Waals surface area (Å²) in [5.41, 5.74) is 4.01. The molecule has 6 heteroatoms. The molecule has 0 saturated carbocycles. The van der Waals surface area contributed by atoms with Crippen LogP contribution in [0.2, 0.25) is 0 Å². The third-order valence-corrected chi connectivity index (χ3v) is 2.09. The second-order valence-corrected chi connectivity index (χ2v) is 3.57. The first kappa shape index (κ1) is 12.9. The van der Waals surface area contributed by atoms with E-state index in [9.17, 15) is 22.7 Å². The molecule has 2 atom stereocenters. The van der Waals surface area contributed by atoms with Crippen LogP contribution >= 0.6 is 0 Å². The zero-order valence-electron chi connectivity index (χ0n) is 8.42. The molecule has 0 aliphatic carbocycles. The minimum atomic E-state index is -4.64. The third kappa shape index (κ3) is 2.93. The smallest absolute Gasteiger partial charge is 0.387 e. The van der Waals surface area contributed by atoms with Crippen LogP contribution in [0.25, 0.3) is 0 Å². The predicted octanol–water partition coefficient (Wildman–Crippen LogP) is 2.23. The van der Waals surface area contributed by atoms with Crippen molar-refractivity contribution in [3.8, 4) is 0 Å². The summed E-state index contributed by atoms with van der Waals surface area (Å²) in [5.74, 6) is -1.05. The van der Waals surface area contributed by atoms with E-state index in [4.69, 9.17) is 5.73 Å². The molecular formula is C10H11F4NO. The van der Waals surface area contributed by atoms with E-state index in [1.54, 1.807) is 0 Å². The number of nitrogens with two attached hydrogens (primary N) is 1. The molecule has 0 saturated heterocycles. The van der Waals surface area contributed by atoms with E-state index in [1.807, 2.05) is 0 Å². The molecule has 0 spiro atoms. The van der Waals surface area contributed by atoms with Crippen LogP contribution in [-0.2, 0) is 6.18 Å². The van der Waals surface area contributed by atoms with E-state index in [2.05, 4.69) is 0 Å². The van der Waals surface area contributed by atoms with Gasteiger partial charge in [-0.15, -0.1) is 0 Å². The van der Waals surface area contributed by atoms with Crippen molar-refractivity contribution in [2.75, 3.05) is 0 Å². The lowest BCUT2D eigenvalue weighted by atomic mass is 10.0. The molecule has 90 valence electrons. The van der Waals surface area contributed by atoms with E-state index >= 15 is 0 Å². The van der Waals surface area contributed by atoms with Crippen molar-refractivity contribution in [2.24, 2.45) is 5.73 Å².